The van der Waals surface area contributed by atoms with Crippen LogP contribution in [0.4, 0.5) is 0 Å². The minimum atomic E-state index is 0.104. The third kappa shape index (κ3) is 3.01. The molecule has 0 aromatic carbocycles. The summed E-state index contributed by atoms with van der Waals surface area (Å²) in [5.41, 5.74) is 6.16. The van der Waals surface area contributed by atoms with E-state index < -0.39 is 0 Å². The lowest BCUT2D eigenvalue weighted by Gasteiger charge is -2.39. The molecule has 3 rings (SSSR count). The fraction of sp³-hybridized carbons (Fsp3) is 0.938. The van der Waals surface area contributed by atoms with Gasteiger partial charge in [0.1, 0.15) is 0 Å². The summed E-state index contributed by atoms with van der Waals surface area (Å²) in [6.45, 7) is 4.44. The van der Waals surface area contributed by atoms with Gasteiger partial charge in [0.2, 0.25) is 5.91 Å². The summed E-state index contributed by atoms with van der Waals surface area (Å²) >= 11 is 0. The zero-order valence-electron chi connectivity index (χ0n) is 12.6. The van der Waals surface area contributed by atoms with Crippen molar-refractivity contribution in [2.45, 2.75) is 63.5 Å². The molecule has 0 spiro atoms. The third-order valence-corrected chi connectivity index (χ3v) is 5.57. The predicted molar refractivity (Wildman–Crippen MR) is 80.3 cm³/mol. The number of hydrogen-bond acceptors (Lipinski definition) is 3. The van der Waals surface area contributed by atoms with Crippen LogP contribution in [0.15, 0.2) is 0 Å². The van der Waals surface area contributed by atoms with Gasteiger partial charge in [-0.05, 0) is 51.6 Å². The van der Waals surface area contributed by atoms with E-state index in [1.165, 1.54) is 38.8 Å². The van der Waals surface area contributed by atoms with Crippen molar-refractivity contribution in [3.63, 3.8) is 0 Å². The Labute approximate surface area is 122 Å². The molecule has 1 amide bonds. The van der Waals surface area contributed by atoms with Gasteiger partial charge in [0, 0.05) is 25.2 Å². The number of hydrogen-bond donors (Lipinski definition) is 1. The molecule has 2 unspecified atom stereocenters. The Morgan fingerprint density at radius 1 is 0.850 bits per heavy atom. The second-order valence-corrected chi connectivity index (χ2v) is 6.85. The van der Waals surface area contributed by atoms with Gasteiger partial charge < -0.3 is 15.5 Å². The van der Waals surface area contributed by atoms with E-state index in [0.29, 0.717) is 5.91 Å². The van der Waals surface area contributed by atoms with Crippen LogP contribution in [0.1, 0.15) is 51.4 Å². The van der Waals surface area contributed by atoms with Crippen LogP contribution in [-0.2, 0) is 4.79 Å². The van der Waals surface area contributed by atoms with E-state index >= 15 is 0 Å². The summed E-state index contributed by atoms with van der Waals surface area (Å²) in [4.78, 5) is 17.4. The molecule has 20 heavy (non-hydrogen) atoms. The maximum atomic E-state index is 12.6. The van der Waals surface area contributed by atoms with Gasteiger partial charge in [-0.2, -0.15) is 0 Å². The van der Waals surface area contributed by atoms with Crippen LogP contribution in [0.25, 0.3) is 0 Å². The summed E-state index contributed by atoms with van der Waals surface area (Å²) in [5, 5.41) is 0. The summed E-state index contributed by atoms with van der Waals surface area (Å²) in [6, 6.07) is 0.828. The van der Waals surface area contributed by atoms with Crippen molar-refractivity contribution >= 4 is 5.91 Å². The molecule has 1 aliphatic carbocycles. The zero-order valence-corrected chi connectivity index (χ0v) is 12.6. The number of nitrogens with two attached hydrogens (primary N) is 1. The van der Waals surface area contributed by atoms with E-state index in [4.69, 9.17) is 5.73 Å². The second kappa shape index (κ2) is 6.44. The Hall–Kier alpha value is -0.610. The molecule has 0 aromatic heterocycles. The Morgan fingerprint density at radius 2 is 1.50 bits per heavy atom. The number of carbonyl (C=O) groups excluding carboxylic acids is 1. The van der Waals surface area contributed by atoms with Crippen molar-refractivity contribution in [2.24, 2.45) is 11.7 Å². The van der Waals surface area contributed by atoms with E-state index in [0.717, 1.165) is 44.8 Å². The molecule has 0 radical (unpaired) electrons. The lowest BCUT2D eigenvalue weighted by molar-refractivity contribution is -0.138. The van der Waals surface area contributed by atoms with Gasteiger partial charge in [-0.1, -0.05) is 12.8 Å². The molecule has 2 heterocycles. The first-order chi connectivity index (χ1) is 9.75. The number of nitrogens with zero attached hydrogens (tertiary/aromatic N) is 2. The molecule has 0 aromatic rings. The van der Waals surface area contributed by atoms with Crippen molar-refractivity contribution in [3.8, 4) is 0 Å². The Morgan fingerprint density at radius 3 is 2.15 bits per heavy atom. The molecule has 2 N–H and O–H groups in total. The normalized spacial score (nSPS) is 33.5. The minimum Gasteiger partial charge on any atom is -0.342 e. The number of carbonyl (C=O) groups is 1. The van der Waals surface area contributed by atoms with Gasteiger partial charge in [0.05, 0.1) is 5.92 Å². The molecule has 0 bridgehead atoms. The maximum Gasteiger partial charge on any atom is 0.227 e. The smallest absolute Gasteiger partial charge is 0.227 e. The first-order valence-corrected chi connectivity index (χ1v) is 8.54. The fourth-order valence-electron chi connectivity index (χ4n) is 4.26. The monoisotopic (exact) mass is 279 g/mol. The van der Waals surface area contributed by atoms with Crippen LogP contribution in [-0.4, -0.2) is 54.0 Å². The summed E-state index contributed by atoms with van der Waals surface area (Å²) in [6.07, 6.45) is 9.44. The van der Waals surface area contributed by atoms with Gasteiger partial charge in [0.25, 0.3) is 0 Å². The highest BCUT2D eigenvalue weighted by Gasteiger charge is 2.34. The van der Waals surface area contributed by atoms with E-state index in [1.54, 1.807) is 0 Å². The fourth-order valence-corrected chi connectivity index (χ4v) is 4.26. The molecule has 4 heteroatoms. The van der Waals surface area contributed by atoms with Crippen LogP contribution in [0.2, 0.25) is 0 Å². The molecule has 1 saturated carbocycles. The van der Waals surface area contributed by atoms with Gasteiger partial charge in [-0.15, -0.1) is 0 Å². The standard InChI is InChI=1S/C16H29N3O/c17-15-6-2-1-5-14(15)16(20)19-11-7-13(8-12-19)18-9-3-4-10-18/h13-15H,1-12,17H2. The lowest BCUT2D eigenvalue weighted by atomic mass is 9.83. The highest BCUT2D eigenvalue weighted by molar-refractivity contribution is 5.79. The van der Waals surface area contributed by atoms with E-state index in [-0.39, 0.29) is 12.0 Å². The Kier molecular flexibility index (Phi) is 4.61. The molecule has 2 aliphatic heterocycles. The van der Waals surface area contributed by atoms with Crippen LogP contribution >= 0.6 is 0 Å². The highest BCUT2D eigenvalue weighted by Crippen LogP contribution is 2.27. The largest absolute Gasteiger partial charge is 0.342 e. The van der Waals surface area contributed by atoms with Crippen molar-refractivity contribution in [2.75, 3.05) is 26.2 Å². The predicted octanol–water partition coefficient (Wildman–Crippen LogP) is 1.59. The van der Waals surface area contributed by atoms with Gasteiger partial charge in [-0.3, -0.25) is 4.79 Å². The molecule has 2 saturated heterocycles. The highest BCUT2D eigenvalue weighted by atomic mass is 16.2. The summed E-state index contributed by atoms with van der Waals surface area (Å²) < 4.78 is 0. The molecule has 2 atom stereocenters. The maximum absolute atomic E-state index is 12.6. The molecule has 114 valence electrons. The van der Waals surface area contributed by atoms with Crippen molar-refractivity contribution < 1.29 is 4.79 Å². The SMILES string of the molecule is NC1CCCCC1C(=O)N1CCC(N2CCCC2)CC1. The summed E-state index contributed by atoms with van der Waals surface area (Å²) in [7, 11) is 0. The second-order valence-electron chi connectivity index (χ2n) is 6.85. The Balaban J connectivity index is 1.50. The lowest BCUT2D eigenvalue weighted by Crippen LogP contribution is -2.51. The zero-order chi connectivity index (χ0) is 13.9. The molecular weight excluding hydrogens is 250 g/mol. The molecule has 3 fully saturated rings. The first kappa shape index (κ1) is 14.3. The topological polar surface area (TPSA) is 49.6 Å². The van der Waals surface area contributed by atoms with E-state index in [1.807, 2.05) is 0 Å². The quantitative estimate of drug-likeness (QED) is 0.835. The summed E-state index contributed by atoms with van der Waals surface area (Å²) in [5.74, 6) is 0.448. The molecule has 4 nitrogen and oxygen atoms in total. The number of rotatable bonds is 2. The Bertz CT molecular complexity index is 333. The van der Waals surface area contributed by atoms with Crippen molar-refractivity contribution in [1.82, 2.24) is 9.80 Å². The molecule has 3 aliphatic rings. The van der Waals surface area contributed by atoms with Crippen LogP contribution < -0.4 is 5.73 Å². The average Bonchev–Trinajstić information content (AvgIpc) is 3.01. The van der Waals surface area contributed by atoms with Gasteiger partial charge in [-0.25, -0.2) is 0 Å². The van der Waals surface area contributed by atoms with Gasteiger partial charge >= 0.3 is 0 Å². The van der Waals surface area contributed by atoms with Crippen LogP contribution in [0, 0.1) is 5.92 Å². The van der Waals surface area contributed by atoms with Crippen LogP contribution in [0.5, 0.6) is 0 Å². The number of likely N-dealkylation sites (tertiary alicyclic amines) is 2. The average molecular weight is 279 g/mol. The molecular formula is C16H29N3O. The third-order valence-electron chi connectivity index (χ3n) is 5.57. The number of amides is 1. The van der Waals surface area contributed by atoms with Gasteiger partial charge in [0.15, 0.2) is 0 Å². The number of piperidine rings is 1. The van der Waals surface area contributed by atoms with E-state index in [2.05, 4.69) is 9.80 Å². The minimum absolute atomic E-state index is 0.104. The van der Waals surface area contributed by atoms with Crippen molar-refractivity contribution in [3.05, 3.63) is 0 Å². The van der Waals surface area contributed by atoms with E-state index in [9.17, 15) is 4.79 Å². The first-order valence-electron chi connectivity index (χ1n) is 8.54. The van der Waals surface area contributed by atoms with Crippen LogP contribution in [0.3, 0.4) is 0 Å². The van der Waals surface area contributed by atoms with Crippen molar-refractivity contribution in [1.29, 1.82) is 0 Å².